The number of aliphatic imine (C=N–C) groups is 1. The summed E-state index contributed by atoms with van der Waals surface area (Å²) < 4.78 is 0.857. The second kappa shape index (κ2) is 11.1. The van der Waals surface area contributed by atoms with E-state index in [-0.39, 0.29) is 0 Å². The molecule has 1 aromatic heterocycles. The Bertz CT molecular complexity index is 1230. The fraction of sp³-hybridized carbons (Fsp3) is 0.0417. The predicted molar refractivity (Wildman–Crippen MR) is 139 cm³/mol. The van der Waals surface area contributed by atoms with Crippen LogP contribution in [0.3, 0.4) is 0 Å². The van der Waals surface area contributed by atoms with Crippen molar-refractivity contribution in [3.05, 3.63) is 111 Å². The van der Waals surface area contributed by atoms with E-state index in [2.05, 4.69) is 10.2 Å². The third-order valence-electron chi connectivity index (χ3n) is 4.33. The van der Waals surface area contributed by atoms with Crippen molar-refractivity contribution < 1.29 is 0 Å². The molecule has 3 nitrogen and oxygen atoms in total. The third-order valence-corrected chi connectivity index (χ3v) is 7.11. The molecule has 0 aliphatic carbocycles. The van der Waals surface area contributed by atoms with Gasteiger partial charge in [-0.05, 0) is 53.6 Å². The molecule has 4 aromatic rings. The van der Waals surface area contributed by atoms with Crippen LogP contribution >= 0.6 is 57.9 Å². The van der Waals surface area contributed by atoms with E-state index in [9.17, 15) is 0 Å². The monoisotopic (exact) mass is 515 g/mol. The lowest BCUT2D eigenvalue weighted by Crippen LogP contribution is -1.96. The number of thioether (sulfide) groups is 1. The summed E-state index contributed by atoms with van der Waals surface area (Å²) in [6.45, 7) is 0. The molecule has 0 amide bonds. The summed E-state index contributed by atoms with van der Waals surface area (Å²) in [5, 5.41) is 11.2. The van der Waals surface area contributed by atoms with Gasteiger partial charge in [0.05, 0.1) is 5.71 Å². The van der Waals surface area contributed by atoms with E-state index in [0.29, 0.717) is 15.2 Å². The maximum absolute atomic E-state index is 6.06. The van der Waals surface area contributed by atoms with Crippen LogP contribution in [0.2, 0.25) is 15.1 Å². The second-order valence-corrected chi connectivity index (χ2v) is 10.1. The van der Waals surface area contributed by atoms with Gasteiger partial charge in [-0.2, -0.15) is 0 Å². The van der Waals surface area contributed by atoms with Gasteiger partial charge in [-0.25, -0.2) is 4.99 Å². The van der Waals surface area contributed by atoms with Crippen molar-refractivity contribution in [3.63, 3.8) is 0 Å². The summed E-state index contributed by atoms with van der Waals surface area (Å²) >= 11 is 21.1. The van der Waals surface area contributed by atoms with Crippen LogP contribution in [0, 0.1) is 0 Å². The Kier molecular flexibility index (Phi) is 8.00. The van der Waals surface area contributed by atoms with E-state index in [1.165, 1.54) is 16.9 Å². The first kappa shape index (κ1) is 23.0. The van der Waals surface area contributed by atoms with Gasteiger partial charge >= 0.3 is 0 Å². The first-order valence-electron chi connectivity index (χ1n) is 9.54. The van der Waals surface area contributed by atoms with Gasteiger partial charge in [-0.3, -0.25) is 0 Å². The summed E-state index contributed by atoms with van der Waals surface area (Å²) in [6, 6.07) is 23.0. The van der Waals surface area contributed by atoms with Crippen LogP contribution in [0.25, 0.3) is 6.08 Å². The van der Waals surface area contributed by atoms with Crippen LogP contribution in [0.15, 0.2) is 88.2 Å². The van der Waals surface area contributed by atoms with E-state index < -0.39 is 0 Å². The Morgan fingerprint density at radius 3 is 2.06 bits per heavy atom. The fourth-order valence-electron chi connectivity index (χ4n) is 2.70. The van der Waals surface area contributed by atoms with Gasteiger partial charge in [0.25, 0.3) is 0 Å². The molecule has 0 fully saturated rings. The molecule has 160 valence electrons. The molecule has 4 rings (SSSR count). The van der Waals surface area contributed by atoms with Crippen molar-refractivity contribution in [2.45, 2.75) is 10.1 Å². The van der Waals surface area contributed by atoms with Crippen LogP contribution in [0.4, 0.5) is 5.13 Å². The number of rotatable bonds is 7. The molecule has 0 aliphatic rings. The molecule has 3 aromatic carbocycles. The number of hydrogen-bond acceptors (Lipinski definition) is 5. The zero-order chi connectivity index (χ0) is 22.3. The van der Waals surface area contributed by atoms with E-state index in [1.807, 2.05) is 84.9 Å². The molecule has 0 bridgehead atoms. The largest absolute Gasteiger partial charge is 0.232 e. The summed E-state index contributed by atoms with van der Waals surface area (Å²) in [4.78, 5) is 4.75. The van der Waals surface area contributed by atoms with Crippen molar-refractivity contribution in [1.82, 2.24) is 10.2 Å². The summed E-state index contributed by atoms with van der Waals surface area (Å²) in [5.41, 5.74) is 3.90. The molecule has 0 saturated heterocycles. The lowest BCUT2D eigenvalue weighted by Gasteiger charge is -2.02. The average molecular weight is 517 g/mol. The summed E-state index contributed by atoms with van der Waals surface area (Å²) in [6.07, 6.45) is 3.94. The average Bonchev–Trinajstić information content (AvgIpc) is 3.25. The minimum atomic E-state index is 0.592. The topological polar surface area (TPSA) is 38.1 Å². The molecule has 0 spiro atoms. The van der Waals surface area contributed by atoms with Crippen LogP contribution in [-0.2, 0) is 5.75 Å². The van der Waals surface area contributed by atoms with E-state index in [0.717, 1.165) is 32.0 Å². The molecule has 8 heteroatoms. The zero-order valence-electron chi connectivity index (χ0n) is 16.6. The number of nitrogens with zero attached hydrogens (tertiary/aromatic N) is 3. The molecule has 1 heterocycles. The Morgan fingerprint density at radius 1 is 0.812 bits per heavy atom. The Balaban J connectivity index is 1.55. The highest BCUT2D eigenvalue weighted by molar-refractivity contribution is 8.00. The number of allylic oxidation sites excluding steroid dienone is 1. The minimum absolute atomic E-state index is 0.592. The molecular weight excluding hydrogens is 501 g/mol. The van der Waals surface area contributed by atoms with E-state index in [1.54, 1.807) is 11.8 Å². The van der Waals surface area contributed by atoms with Crippen LogP contribution in [0.1, 0.15) is 16.7 Å². The van der Waals surface area contributed by atoms with E-state index >= 15 is 0 Å². The number of benzene rings is 3. The second-order valence-electron chi connectivity index (χ2n) is 6.65. The number of halogens is 3. The molecule has 0 atom stereocenters. The normalized spacial score (nSPS) is 11.9. The molecular formula is C24H16Cl3N3S2. The lowest BCUT2D eigenvalue weighted by atomic mass is 10.1. The smallest absolute Gasteiger partial charge is 0.218 e. The van der Waals surface area contributed by atoms with Crippen LogP contribution in [-0.4, -0.2) is 15.9 Å². The molecule has 0 aliphatic heterocycles. The van der Waals surface area contributed by atoms with Gasteiger partial charge in [0.2, 0.25) is 5.13 Å². The standard InChI is InChI=1S/C24H16Cl3N3S2/c25-19-8-1-16(2-9-19)5-14-22(18-6-12-21(27)13-7-18)28-23-29-30-24(32-23)31-15-17-3-10-20(26)11-4-17/h1-14H,15H2/b14-5+,28-22+. The third kappa shape index (κ3) is 6.67. The van der Waals surface area contributed by atoms with Gasteiger partial charge in [-0.15, -0.1) is 10.2 Å². The Hall–Kier alpha value is -2.15. The quantitative estimate of drug-likeness (QED) is 0.182. The maximum Gasteiger partial charge on any atom is 0.232 e. The first-order valence-corrected chi connectivity index (χ1v) is 12.5. The van der Waals surface area contributed by atoms with E-state index in [4.69, 9.17) is 39.8 Å². The van der Waals surface area contributed by atoms with Crippen molar-refractivity contribution in [2.75, 3.05) is 0 Å². The van der Waals surface area contributed by atoms with Crippen LogP contribution < -0.4 is 0 Å². The van der Waals surface area contributed by atoms with Crippen molar-refractivity contribution in [3.8, 4) is 0 Å². The van der Waals surface area contributed by atoms with Gasteiger partial charge in [0, 0.05) is 26.4 Å². The first-order chi connectivity index (χ1) is 15.5. The zero-order valence-corrected chi connectivity index (χ0v) is 20.5. The van der Waals surface area contributed by atoms with Crippen molar-refractivity contribution in [2.24, 2.45) is 4.99 Å². The highest BCUT2D eigenvalue weighted by atomic mass is 35.5. The predicted octanol–water partition coefficient (Wildman–Crippen LogP) is 8.62. The van der Waals surface area contributed by atoms with Gasteiger partial charge in [-0.1, -0.05) is 100 Å². The number of hydrogen-bond donors (Lipinski definition) is 0. The lowest BCUT2D eigenvalue weighted by molar-refractivity contribution is 1.01. The van der Waals surface area contributed by atoms with Crippen LogP contribution in [0.5, 0.6) is 0 Å². The summed E-state index contributed by atoms with van der Waals surface area (Å²) in [5.74, 6) is 0.788. The Labute approximate surface area is 209 Å². The van der Waals surface area contributed by atoms with Gasteiger partial charge in [0.15, 0.2) is 4.34 Å². The molecule has 0 radical (unpaired) electrons. The molecule has 0 N–H and O–H groups in total. The van der Waals surface area contributed by atoms with Crippen molar-refractivity contribution in [1.29, 1.82) is 0 Å². The highest BCUT2D eigenvalue weighted by Crippen LogP contribution is 2.30. The molecule has 0 unspecified atom stereocenters. The van der Waals surface area contributed by atoms with Gasteiger partial charge in [0.1, 0.15) is 0 Å². The molecule has 0 saturated carbocycles. The summed E-state index contributed by atoms with van der Waals surface area (Å²) in [7, 11) is 0. The van der Waals surface area contributed by atoms with Gasteiger partial charge < -0.3 is 0 Å². The Morgan fingerprint density at radius 2 is 1.41 bits per heavy atom. The maximum atomic E-state index is 6.06. The minimum Gasteiger partial charge on any atom is -0.218 e. The van der Waals surface area contributed by atoms with Crippen molar-refractivity contribution >= 4 is 74.8 Å². The SMILES string of the molecule is Clc1ccc(/C=C/C(=N\c2nnc(SCc3ccc(Cl)cc3)s2)c2ccc(Cl)cc2)cc1. The highest BCUT2D eigenvalue weighted by Gasteiger charge is 2.07. The molecule has 32 heavy (non-hydrogen) atoms. The fourth-order valence-corrected chi connectivity index (χ4v) is 4.76. The number of aromatic nitrogens is 2.